The van der Waals surface area contributed by atoms with E-state index in [0.717, 1.165) is 6.42 Å². The molecule has 0 spiro atoms. The third-order valence-electron chi connectivity index (χ3n) is 4.52. The minimum atomic E-state index is -0.399. The average Bonchev–Trinajstić information content (AvgIpc) is 3.21. The van der Waals surface area contributed by atoms with Gasteiger partial charge in [-0.05, 0) is 56.0 Å². The molecule has 1 atom stereocenters. The Bertz CT molecular complexity index is 1110. The standard InChI is InChI=1S/C21H23N3O4S2/c1-4-13(3)24-19(26)18-16(10-11-29-18)23-21(24)30-12-17(25)22-15-8-6-14(7-9-15)20(27)28-5-2/h6-11,13H,4-5,12H2,1-3H3,(H,22,25)/t13-/m0/s1. The van der Waals surface area contributed by atoms with Gasteiger partial charge in [-0.1, -0.05) is 18.7 Å². The number of thiophene rings is 1. The van der Waals surface area contributed by atoms with Crippen LogP contribution in [0.3, 0.4) is 0 Å². The number of anilines is 1. The van der Waals surface area contributed by atoms with E-state index < -0.39 is 5.97 Å². The Labute approximate surface area is 182 Å². The molecule has 1 aromatic carbocycles. The Morgan fingerprint density at radius 3 is 2.63 bits per heavy atom. The summed E-state index contributed by atoms with van der Waals surface area (Å²) in [6.07, 6.45) is 0.783. The van der Waals surface area contributed by atoms with Crippen LogP contribution in [0.15, 0.2) is 45.7 Å². The Morgan fingerprint density at radius 1 is 1.23 bits per heavy atom. The van der Waals surface area contributed by atoms with E-state index in [0.29, 0.717) is 33.2 Å². The second-order valence-corrected chi connectivity index (χ2v) is 8.46. The maximum Gasteiger partial charge on any atom is 0.338 e. The van der Waals surface area contributed by atoms with E-state index in [-0.39, 0.29) is 23.3 Å². The molecule has 0 saturated heterocycles. The van der Waals surface area contributed by atoms with Gasteiger partial charge in [-0.2, -0.15) is 0 Å². The summed E-state index contributed by atoms with van der Waals surface area (Å²) in [5.74, 6) is -0.513. The second kappa shape index (κ2) is 9.90. The van der Waals surface area contributed by atoms with Crippen molar-refractivity contribution >= 4 is 50.9 Å². The van der Waals surface area contributed by atoms with E-state index in [4.69, 9.17) is 4.74 Å². The predicted octanol–water partition coefficient (Wildman–Crippen LogP) is 4.34. The maximum atomic E-state index is 12.9. The Kier molecular flexibility index (Phi) is 7.28. The number of nitrogens with zero attached hydrogens (tertiary/aromatic N) is 2. The largest absolute Gasteiger partial charge is 0.462 e. The van der Waals surface area contributed by atoms with Crippen LogP contribution >= 0.6 is 23.1 Å². The van der Waals surface area contributed by atoms with Crippen molar-refractivity contribution in [1.82, 2.24) is 9.55 Å². The number of aromatic nitrogens is 2. The molecular weight excluding hydrogens is 422 g/mol. The van der Waals surface area contributed by atoms with Gasteiger partial charge in [-0.3, -0.25) is 14.2 Å². The molecule has 0 radical (unpaired) electrons. The van der Waals surface area contributed by atoms with Crippen molar-refractivity contribution < 1.29 is 14.3 Å². The van der Waals surface area contributed by atoms with Crippen LogP contribution in [0.25, 0.3) is 10.2 Å². The predicted molar refractivity (Wildman–Crippen MR) is 121 cm³/mol. The molecule has 2 aromatic heterocycles. The molecule has 0 saturated carbocycles. The lowest BCUT2D eigenvalue weighted by Gasteiger charge is -2.17. The fourth-order valence-electron chi connectivity index (χ4n) is 2.81. The molecule has 0 aliphatic rings. The van der Waals surface area contributed by atoms with Gasteiger partial charge in [0.05, 0.1) is 23.4 Å². The van der Waals surface area contributed by atoms with Gasteiger partial charge in [0.2, 0.25) is 5.91 Å². The van der Waals surface area contributed by atoms with Crippen molar-refractivity contribution in [3.8, 4) is 0 Å². The SMILES string of the molecule is CCOC(=O)c1ccc(NC(=O)CSc2nc3ccsc3c(=O)n2[C@@H](C)CC)cc1. The molecule has 0 unspecified atom stereocenters. The van der Waals surface area contributed by atoms with Gasteiger partial charge in [0, 0.05) is 11.7 Å². The van der Waals surface area contributed by atoms with Crippen LogP contribution in [0.5, 0.6) is 0 Å². The van der Waals surface area contributed by atoms with Gasteiger partial charge >= 0.3 is 5.97 Å². The van der Waals surface area contributed by atoms with Gasteiger partial charge in [0.15, 0.2) is 5.16 Å². The molecule has 0 fully saturated rings. The number of ether oxygens (including phenoxy) is 1. The van der Waals surface area contributed by atoms with Crippen molar-refractivity contribution in [3.05, 3.63) is 51.6 Å². The van der Waals surface area contributed by atoms with E-state index >= 15 is 0 Å². The number of fused-ring (bicyclic) bond motifs is 1. The molecule has 1 amide bonds. The second-order valence-electron chi connectivity index (χ2n) is 6.60. The highest BCUT2D eigenvalue weighted by Crippen LogP contribution is 2.24. The summed E-state index contributed by atoms with van der Waals surface area (Å²) in [6, 6.07) is 8.31. The zero-order valence-electron chi connectivity index (χ0n) is 17.0. The van der Waals surface area contributed by atoms with Crippen molar-refractivity contribution in [2.45, 2.75) is 38.4 Å². The highest BCUT2D eigenvalue weighted by atomic mass is 32.2. The molecule has 0 aliphatic carbocycles. The summed E-state index contributed by atoms with van der Waals surface area (Å²) in [7, 11) is 0. The number of hydrogen-bond donors (Lipinski definition) is 1. The number of esters is 1. The zero-order valence-corrected chi connectivity index (χ0v) is 18.6. The van der Waals surface area contributed by atoms with Gasteiger partial charge < -0.3 is 10.1 Å². The first-order valence-electron chi connectivity index (χ1n) is 9.64. The van der Waals surface area contributed by atoms with Gasteiger partial charge in [-0.15, -0.1) is 11.3 Å². The smallest absolute Gasteiger partial charge is 0.338 e. The summed E-state index contributed by atoms with van der Waals surface area (Å²) < 4.78 is 7.25. The number of benzene rings is 1. The van der Waals surface area contributed by atoms with Crippen LogP contribution in [0.2, 0.25) is 0 Å². The van der Waals surface area contributed by atoms with E-state index in [9.17, 15) is 14.4 Å². The lowest BCUT2D eigenvalue weighted by Crippen LogP contribution is -2.26. The van der Waals surface area contributed by atoms with E-state index in [1.807, 2.05) is 25.3 Å². The first-order valence-corrected chi connectivity index (χ1v) is 11.5. The quantitative estimate of drug-likeness (QED) is 0.315. The molecule has 7 nitrogen and oxygen atoms in total. The van der Waals surface area contributed by atoms with Crippen LogP contribution in [-0.2, 0) is 9.53 Å². The average molecular weight is 446 g/mol. The van der Waals surface area contributed by atoms with Crippen LogP contribution in [0.4, 0.5) is 5.69 Å². The molecule has 9 heteroatoms. The van der Waals surface area contributed by atoms with Crippen molar-refractivity contribution in [2.24, 2.45) is 0 Å². The minimum Gasteiger partial charge on any atom is -0.462 e. The monoisotopic (exact) mass is 445 g/mol. The van der Waals surface area contributed by atoms with Gasteiger partial charge in [0.25, 0.3) is 5.56 Å². The van der Waals surface area contributed by atoms with Crippen LogP contribution in [-0.4, -0.2) is 33.8 Å². The van der Waals surface area contributed by atoms with Crippen molar-refractivity contribution in [3.63, 3.8) is 0 Å². The molecule has 2 heterocycles. The summed E-state index contributed by atoms with van der Waals surface area (Å²) in [4.78, 5) is 41.6. The molecular formula is C21H23N3O4S2. The normalized spacial score (nSPS) is 12.0. The highest BCUT2D eigenvalue weighted by Gasteiger charge is 2.17. The third kappa shape index (κ3) is 4.91. The summed E-state index contributed by atoms with van der Waals surface area (Å²) in [5.41, 5.74) is 1.59. The number of carbonyl (C=O) groups excluding carboxylic acids is 2. The molecule has 0 aliphatic heterocycles. The Hall–Kier alpha value is -2.65. The number of thioether (sulfide) groups is 1. The molecule has 3 aromatic rings. The lowest BCUT2D eigenvalue weighted by molar-refractivity contribution is -0.113. The van der Waals surface area contributed by atoms with Crippen LogP contribution in [0.1, 0.15) is 43.6 Å². The Morgan fingerprint density at radius 2 is 1.97 bits per heavy atom. The van der Waals surface area contributed by atoms with Crippen LogP contribution < -0.4 is 10.9 Å². The third-order valence-corrected chi connectivity index (χ3v) is 6.37. The maximum absolute atomic E-state index is 12.9. The van der Waals surface area contributed by atoms with Gasteiger partial charge in [0.1, 0.15) is 4.70 Å². The fraction of sp³-hybridized carbons (Fsp3) is 0.333. The van der Waals surface area contributed by atoms with E-state index in [1.54, 1.807) is 35.8 Å². The fourth-order valence-corrected chi connectivity index (χ4v) is 4.47. The zero-order chi connectivity index (χ0) is 21.7. The van der Waals surface area contributed by atoms with Crippen LogP contribution in [0, 0.1) is 0 Å². The molecule has 0 bridgehead atoms. The first kappa shape index (κ1) is 22.0. The summed E-state index contributed by atoms with van der Waals surface area (Å²) >= 11 is 2.62. The van der Waals surface area contributed by atoms with Gasteiger partial charge in [-0.25, -0.2) is 9.78 Å². The number of nitrogens with one attached hydrogen (secondary N) is 1. The molecule has 3 rings (SSSR count). The summed E-state index contributed by atoms with van der Waals surface area (Å²) in [6.45, 7) is 6.03. The molecule has 30 heavy (non-hydrogen) atoms. The highest BCUT2D eigenvalue weighted by molar-refractivity contribution is 7.99. The van der Waals surface area contributed by atoms with Crippen molar-refractivity contribution in [2.75, 3.05) is 17.7 Å². The summed E-state index contributed by atoms with van der Waals surface area (Å²) in [5, 5.41) is 5.18. The van der Waals surface area contributed by atoms with E-state index in [1.165, 1.54) is 23.1 Å². The number of rotatable bonds is 8. The topological polar surface area (TPSA) is 90.3 Å². The minimum absolute atomic E-state index is 0.0162. The van der Waals surface area contributed by atoms with Crippen molar-refractivity contribution in [1.29, 1.82) is 0 Å². The molecule has 1 N–H and O–H groups in total. The molecule has 158 valence electrons. The number of carbonyl (C=O) groups is 2. The number of amides is 1. The lowest BCUT2D eigenvalue weighted by atomic mass is 10.2. The first-order chi connectivity index (χ1) is 14.4. The number of hydrogen-bond acceptors (Lipinski definition) is 7. The van der Waals surface area contributed by atoms with E-state index in [2.05, 4.69) is 10.3 Å². The Balaban J connectivity index is 1.71.